The van der Waals surface area contributed by atoms with E-state index in [1.54, 1.807) is 0 Å². The van der Waals surface area contributed by atoms with Crippen LogP contribution in [0.25, 0.3) is 0 Å². The summed E-state index contributed by atoms with van der Waals surface area (Å²) in [5, 5.41) is 0. The van der Waals surface area contributed by atoms with Gasteiger partial charge in [-0.15, -0.1) is 0 Å². The largest absolute Gasteiger partial charge is 0.0651 e. The number of unbranched alkanes of at least 4 members (excludes halogenated alkanes) is 1. The van der Waals surface area contributed by atoms with E-state index in [0.717, 1.165) is 11.8 Å². The summed E-state index contributed by atoms with van der Waals surface area (Å²) in [5.74, 6) is 1.77. The second kappa shape index (κ2) is 5.76. The van der Waals surface area contributed by atoms with Crippen molar-refractivity contribution in [2.75, 3.05) is 0 Å². The van der Waals surface area contributed by atoms with Crippen molar-refractivity contribution in [3.05, 3.63) is 6.42 Å². The van der Waals surface area contributed by atoms with Crippen LogP contribution in [0.4, 0.5) is 0 Å². The number of hydrogen-bond acceptors (Lipinski definition) is 0. The summed E-state index contributed by atoms with van der Waals surface area (Å²) in [7, 11) is 0. The molecule has 1 unspecified atom stereocenters. The Balaban J connectivity index is 3.40. The van der Waals surface area contributed by atoms with Gasteiger partial charge in [-0.1, -0.05) is 40.5 Å². The average molecular weight is 141 g/mol. The van der Waals surface area contributed by atoms with Gasteiger partial charge in [0.1, 0.15) is 0 Å². The van der Waals surface area contributed by atoms with Gasteiger partial charge in [0.05, 0.1) is 0 Å². The first-order valence-corrected chi connectivity index (χ1v) is 4.54. The summed E-state index contributed by atoms with van der Waals surface area (Å²) >= 11 is 0. The molecule has 0 aliphatic rings. The zero-order chi connectivity index (χ0) is 7.98. The molecule has 0 bridgehead atoms. The van der Waals surface area contributed by atoms with E-state index >= 15 is 0 Å². The molecule has 0 aliphatic carbocycles. The minimum absolute atomic E-state index is 0.854. The van der Waals surface area contributed by atoms with Crippen LogP contribution in [0, 0.1) is 18.3 Å². The maximum Gasteiger partial charge on any atom is -0.0386 e. The van der Waals surface area contributed by atoms with E-state index in [4.69, 9.17) is 0 Å². The summed E-state index contributed by atoms with van der Waals surface area (Å²) in [6.45, 7) is 9.14. The van der Waals surface area contributed by atoms with Crippen molar-refractivity contribution in [1.82, 2.24) is 0 Å². The molecule has 0 heteroatoms. The van der Waals surface area contributed by atoms with Gasteiger partial charge in [-0.2, -0.15) is 0 Å². The van der Waals surface area contributed by atoms with Gasteiger partial charge in [-0.3, -0.25) is 0 Å². The fourth-order valence-corrected chi connectivity index (χ4v) is 1.29. The second-order valence-corrected chi connectivity index (χ2v) is 3.34. The minimum Gasteiger partial charge on any atom is -0.0651 e. The molecule has 0 heterocycles. The third-order valence-electron chi connectivity index (χ3n) is 2.23. The maximum absolute atomic E-state index is 2.40. The quantitative estimate of drug-likeness (QED) is 0.548. The van der Waals surface area contributed by atoms with Gasteiger partial charge in [0.25, 0.3) is 0 Å². The molecule has 0 amide bonds. The van der Waals surface area contributed by atoms with Crippen LogP contribution in [0.3, 0.4) is 0 Å². The number of hydrogen-bond donors (Lipinski definition) is 0. The molecule has 0 fully saturated rings. The lowest BCUT2D eigenvalue weighted by atomic mass is 9.89. The highest BCUT2D eigenvalue weighted by Gasteiger charge is 2.09. The van der Waals surface area contributed by atoms with Crippen LogP contribution in [-0.4, -0.2) is 0 Å². The van der Waals surface area contributed by atoms with Crippen LogP contribution < -0.4 is 0 Å². The van der Waals surface area contributed by atoms with Gasteiger partial charge < -0.3 is 0 Å². The Morgan fingerprint density at radius 3 is 2.10 bits per heavy atom. The lowest BCUT2D eigenvalue weighted by Gasteiger charge is -2.17. The van der Waals surface area contributed by atoms with Crippen molar-refractivity contribution >= 4 is 0 Å². The van der Waals surface area contributed by atoms with Crippen LogP contribution in [0.1, 0.15) is 47.0 Å². The van der Waals surface area contributed by atoms with Crippen molar-refractivity contribution < 1.29 is 0 Å². The molecule has 0 nitrogen and oxygen atoms in total. The SMILES string of the molecule is CC[CH]CC(CC)C(C)C. The Morgan fingerprint density at radius 1 is 1.20 bits per heavy atom. The van der Waals surface area contributed by atoms with Crippen LogP contribution >= 0.6 is 0 Å². The fourth-order valence-electron chi connectivity index (χ4n) is 1.29. The predicted molar refractivity (Wildman–Crippen MR) is 47.8 cm³/mol. The summed E-state index contributed by atoms with van der Waals surface area (Å²) in [5.41, 5.74) is 0. The van der Waals surface area contributed by atoms with E-state index in [1.165, 1.54) is 19.3 Å². The summed E-state index contributed by atoms with van der Waals surface area (Å²) in [4.78, 5) is 0. The zero-order valence-electron chi connectivity index (χ0n) is 7.85. The molecule has 0 aromatic carbocycles. The highest BCUT2D eigenvalue weighted by atomic mass is 14.1. The molecule has 0 aromatic heterocycles. The first-order chi connectivity index (χ1) is 4.72. The maximum atomic E-state index is 2.40. The zero-order valence-corrected chi connectivity index (χ0v) is 7.85. The van der Waals surface area contributed by atoms with Gasteiger partial charge >= 0.3 is 0 Å². The third-order valence-corrected chi connectivity index (χ3v) is 2.23. The molecule has 0 aromatic rings. The fraction of sp³-hybridized carbons (Fsp3) is 0.900. The van der Waals surface area contributed by atoms with E-state index in [0.29, 0.717) is 0 Å². The second-order valence-electron chi connectivity index (χ2n) is 3.34. The van der Waals surface area contributed by atoms with Crippen LogP contribution in [-0.2, 0) is 0 Å². The number of rotatable bonds is 5. The molecular formula is C10H21. The van der Waals surface area contributed by atoms with Gasteiger partial charge in [0, 0.05) is 0 Å². The van der Waals surface area contributed by atoms with E-state index < -0.39 is 0 Å². The predicted octanol–water partition coefficient (Wildman–Crippen LogP) is 3.67. The van der Waals surface area contributed by atoms with Crippen LogP contribution in [0.2, 0.25) is 0 Å². The molecule has 1 atom stereocenters. The third kappa shape index (κ3) is 3.92. The van der Waals surface area contributed by atoms with Crippen molar-refractivity contribution in [3.63, 3.8) is 0 Å². The standard InChI is InChI=1S/C10H21/c1-5-7-8-10(6-2)9(3)4/h7,9-10H,5-6,8H2,1-4H3. The van der Waals surface area contributed by atoms with Crippen molar-refractivity contribution in [2.45, 2.75) is 47.0 Å². The first-order valence-electron chi connectivity index (χ1n) is 4.54. The average Bonchev–Trinajstić information content (AvgIpc) is 1.89. The van der Waals surface area contributed by atoms with Crippen molar-refractivity contribution in [3.8, 4) is 0 Å². The van der Waals surface area contributed by atoms with E-state index in [-0.39, 0.29) is 0 Å². The smallest absolute Gasteiger partial charge is 0.0386 e. The molecule has 0 N–H and O–H groups in total. The van der Waals surface area contributed by atoms with Crippen LogP contribution in [0.5, 0.6) is 0 Å². The normalized spacial score (nSPS) is 14.1. The Labute approximate surface area is 66.0 Å². The molecule has 0 saturated heterocycles. The lowest BCUT2D eigenvalue weighted by molar-refractivity contribution is 0.365. The molecule has 0 rings (SSSR count). The van der Waals surface area contributed by atoms with Gasteiger partial charge in [0.2, 0.25) is 0 Å². The molecule has 61 valence electrons. The minimum atomic E-state index is 0.854. The van der Waals surface area contributed by atoms with Gasteiger partial charge in [0.15, 0.2) is 0 Å². The highest BCUT2D eigenvalue weighted by Crippen LogP contribution is 2.20. The Kier molecular flexibility index (Phi) is 5.76. The highest BCUT2D eigenvalue weighted by molar-refractivity contribution is 4.70. The lowest BCUT2D eigenvalue weighted by Crippen LogP contribution is -2.06. The molecule has 0 saturated carbocycles. The van der Waals surface area contributed by atoms with Gasteiger partial charge in [-0.05, 0) is 24.7 Å². The van der Waals surface area contributed by atoms with E-state index in [1.807, 2.05) is 0 Å². The Bertz CT molecular complexity index is 64.4. The van der Waals surface area contributed by atoms with Crippen molar-refractivity contribution in [2.24, 2.45) is 11.8 Å². The first kappa shape index (κ1) is 10.0. The van der Waals surface area contributed by atoms with E-state index in [2.05, 4.69) is 34.1 Å². The molecular weight excluding hydrogens is 120 g/mol. The summed E-state index contributed by atoms with van der Waals surface area (Å²) < 4.78 is 0. The van der Waals surface area contributed by atoms with Gasteiger partial charge in [-0.25, -0.2) is 0 Å². The monoisotopic (exact) mass is 141 g/mol. The molecule has 0 spiro atoms. The summed E-state index contributed by atoms with van der Waals surface area (Å²) in [6.07, 6.45) is 6.26. The van der Waals surface area contributed by atoms with Crippen molar-refractivity contribution in [1.29, 1.82) is 0 Å². The molecule has 10 heavy (non-hydrogen) atoms. The Hall–Kier alpha value is 0. The van der Waals surface area contributed by atoms with E-state index in [9.17, 15) is 0 Å². The molecule has 1 radical (unpaired) electrons. The topological polar surface area (TPSA) is 0 Å². The summed E-state index contributed by atoms with van der Waals surface area (Å²) in [6, 6.07) is 0. The Morgan fingerprint density at radius 2 is 1.80 bits per heavy atom. The van der Waals surface area contributed by atoms with Crippen LogP contribution in [0.15, 0.2) is 0 Å². The molecule has 0 aliphatic heterocycles.